The zero-order valence-electron chi connectivity index (χ0n) is 30.1. The van der Waals surface area contributed by atoms with Crippen LogP contribution in [0.25, 0.3) is 44.2 Å². The molecule has 1 aliphatic heterocycles. The average molecular weight is 705 g/mol. The fourth-order valence-corrected chi connectivity index (χ4v) is 7.86. The molecule has 0 spiro atoms. The predicted molar refractivity (Wildman–Crippen MR) is 230 cm³/mol. The number of benzene rings is 9. The topological polar surface area (TPSA) is 15.7 Å². The van der Waals surface area contributed by atoms with E-state index in [-0.39, 0.29) is 0 Å². The van der Waals surface area contributed by atoms with E-state index in [1.54, 1.807) is 0 Å². The first-order valence-electron chi connectivity index (χ1n) is 18.7. The highest BCUT2D eigenvalue weighted by Crippen LogP contribution is 2.52. The molecule has 1 aliphatic rings. The number of ether oxygens (including phenoxy) is 1. The van der Waals surface area contributed by atoms with Crippen molar-refractivity contribution in [3.8, 4) is 44.9 Å². The largest absolute Gasteiger partial charge is 0.455 e. The van der Waals surface area contributed by atoms with Crippen LogP contribution < -0.4 is 14.5 Å². The Labute approximate surface area is 321 Å². The third kappa shape index (κ3) is 5.98. The number of hydrogen-bond acceptors (Lipinski definition) is 3. The minimum absolute atomic E-state index is 0.852. The first-order valence-corrected chi connectivity index (χ1v) is 18.7. The maximum absolute atomic E-state index is 7.06. The van der Waals surface area contributed by atoms with Gasteiger partial charge in [0.1, 0.15) is 11.5 Å². The highest BCUT2D eigenvalue weighted by atomic mass is 16.5. The summed E-state index contributed by atoms with van der Waals surface area (Å²) in [4.78, 5) is 4.60. The van der Waals surface area contributed by atoms with Crippen molar-refractivity contribution in [1.29, 1.82) is 0 Å². The Kier molecular flexibility index (Phi) is 8.16. The molecule has 3 nitrogen and oxygen atoms in total. The second-order valence-electron chi connectivity index (χ2n) is 13.8. The molecule has 9 aromatic carbocycles. The van der Waals surface area contributed by atoms with Gasteiger partial charge in [-0.3, -0.25) is 0 Å². The molecule has 0 N–H and O–H groups in total. The molecule has 0 radical (unpaired) electrons. The van der Waals surface area contributed by atoms with Gasteiger partial charge >= 0.3 is 0 Å². The second kappa shape index (κ2) is 13.9. The van der Waals surface area contributed by atoms with Crippen LogP contribution in [-0.4, -0.2) is 0 Å². The van der Waals surface area contributed by atoms with Crippen LogP contribution in [0.5, 0.6) is 11.5 Å². The summed E-state index contributed by atoms with van der Waals surface area (Å²) in [5.74, 6) is 1.73. The van der Waals surface area contributed by atoms with Crippen LogP contribution in [0.4, 0.5) is 34.1 Å². The summed E-state index contributed by atoms with van der Waals surface area (Å²) in [5.41, 5.74) is 13.2. The molecule has 1 heterocycles. The van der Waals surface area contributed by atoms with E-state index in [0.29, 0.717) is 0 Å². The monoisotopic (exact) mass is 704 g/mol. The standard InChI is InChI=1S/C52H36N2O/c1-5-19-41(20-6-1)53(42-21-7-2-8-22-42)45-27-13-17-38(34-45)39-31-33-48-49-29-15-16-37-30-32-47(52(51(37)49)55-50(48)36-39)40-18-14-28-46(35-40)54(43-23-9-3-10-24-43)44-25-11-4-12-26-44/h1-36H. The van der Waals surface area contributed by atoms with E-state index < -0.39 is 0 Å². The minimum Gasteiger partial charge on any atom is -0.455 e. The molecule has 55 heavy (non-hydrogen) atoms. The van der Waals surface area contributed by atoms with Crippen LogP contribution >= 0.6 is 0 Å². The Balaban J connectivity index is 1.06. The smallest absolute Gasteiger partial charge is 0.143 e. The van der Waals surface area contributed by atoms with Gasteiger partial charge in [-0.1, -0.05) is 127 Å². The van der Waals surface area contributed by atoms with E-state index >= 15 is 0 Å². The van der Waals surface area contributed by atoms with Gasteiger partial charge < -0.3 is 14.5 Å². The summed E-state index contributed by atoms with van der Waals surface area (Å²) >= 11 is 0. The lowest BCUT2D eigenvalue weighted by Crippen LogP contribution is -2.09. The van der Waals surface area contributed by atoms with Crippen molar-refractivity contribution in [1.82, 2.24) is 0 Å². The molecule has 10 rings (SSSR count). The normalized spacial score (nSPS) is 11.4. The van der Waals surface area contributed by atoms with E-state index in [0.717, 1.165) is 84.2 Å². The summed E-state index contributed by atoms with van der Waals surface area (Å²) in [6.07, 6.45) is 0. The van der Waals surface area contributed by atoms with Crippen LogP contribution in [0.15, 0.2) is 218 Å². The summed E-state index contributed by atoms with van der Waals surface area (Å²) in [7, 11) is 0. The van der Waals surface area contributed by atoms with Crippen molar-refractivity contribution in [2.45, 2.75) is 0 Å². The molecule has 0 atom stereocenters. The fraction of sp³-hybridized carbons (Fsp3) is 0. The lowest BCUT2D eigenvalue weighted by molar-refractivity contribution is 0.489. The van der Waals surface area contributed by atoms with Gasteiger partial charge in [-0.05, 0) is 119 Å². The molecule has 0 amide bonds. The molecular weight excluding hydrogens is 669 g/mol. The first-order chi connectivity index (χ1) is 27.3. The van der Waals surface area contributed by atoms with Crippen molar-refractivity contribution < 1.29 is 4.74 Å². The van der Waals surface area contributed by atoms with Gasteiger partial charge in [-0.25, -0.2) is 0 Å². The predicted octanol–water partition coefficient (Wildman–Crippen LogP) is 14.9. The van der Waals surface area contributed by atoms with Gasteiger partial charge in [0, 0.05) is 50.6 Å². The third-order valence-corrected chi connectivity index (χ3v) is 10.4. The molecular formula is C52H36N2O. The van der Waals surface area contributed by atoms with Crippen molar-refractivity contribution in [2.75, 3.05) is 9.80 Å². The zero-order chi connectivity index (χ0) is 36.6. The van der Waals surface area contributed by atoms with E-state index in [1.807, 2.05) is 0 Å². The minimum atomic E-state index is 0.852. The molecule has 9 aromatic rings. The van der Waals surface area contributed by atoms with Gasteiger partial charge in [-0.2, -0.15) is 0 Å². The number of nitrogens with zero attached hydrogens (tertiary/aromatic N) is 2. The quantitative estimate of drug-likeness (QED) is 0.157. The second-order valence-corrected chi connectivity index (χ2v) is 13.8. The lowest BCUT2D eigenvalue weighted by Gasteiger charge is -2.27. The molecule has 0 bridgehead atoms. The zero-order valence-corrected chi connectivity index (χ0v) is 30.1. The van der Waals surface area contributed by atoms with E-state index in [4.69, 9.17) is 4.74 Å². The summed E-state index contributed by atoms with van der Waals surface area (Å²) < 4.78 is 7.06. The molecule has 0 saturated carbocycles. The average Bonchev–Trinajstić information content (AvgIpc) is 3.26. The SMILES string of the molecule is c1ccc(N(c2ccccc2)c2cccc(-c3ccc4c(c3)Oc3c(-c5cccc(N(c6ccccc6)c6ccccc6)c5)ccc5cccc-4c35)c2)cc1. The van der Waals surface area contributed by atoms with Crippen molar-refractivity contribution in [3.05, 3.63) is 218 Å². The molecule has 0 fully saturated rings. The van der Waals surface area contributed by atoms with Gasteiger partial charge in [0.25, 0.3) is 0 Å². The van der Waals surface area contributed by atoms with E-state index in [1.165, 1.54) is 5.56 Å². The molecule has 0 aliphatic carbocycles. The van der Waals surface area contributed by atoms with Crippen LogP contribution in [0.3, 0.4) is 0 Å². The maximum Gasteiger partial charge on any atom is 0.143 e. The molecule has 3 heteroatoms. The lowest BCUT2D eigenvalue weighted by atomic mass is 9.90. The number of fused-ring (bicyclic) bond motifs is 2. The highest BCUT2D eigenvalue weighted by molar-refractivity contribution is 6.08. The number of rotatable bonds is 8. The van der Waals surface area contributed by atoms with Crippen molar-refractivity contribution >= 4 is 44.9 Å². The Morgan fingerprint density at radius 3 is 1.31 bits per heavy atom. The van der Waals surface area contributed by atoms with E-state index in [2.05, 4.69) is 228 Å². The summed E-state index contributed by atoms with van der Waals surface area (Å²) in [6.45, 7) is 0. The highest BCUT2D eigenvalue weighted by Gasteiger charge is 2.24. The Bertz CT molecular complexity index is 2700. The number of para-hydroxylation sites is 4. The van der Waals surface area contributed by atoms with Crippen molar-refractivity contribution in [3.63, 3.8) is 0 Å². The molecule has 0 saturated heterocycles. The Hall–Kier alpha value is -7.36. The number of hydrogen-bond donors (Lipinski definition) is 0. The Morgan fingerprint density at radius 2 is 0.745 bits per heavy atom. The van der Waals surface area contributed by atoms with Crippen LogP contribution in [0.1, 0.15) is 0 Å². The first kappa shape index (κ1) is 32.3. The van der Waals surface area contributed by atoms with Crippen LogP contribution in [-0.2, 0) is 0 Å². The van der Waals surface area contributed by atoms with Gasteiger partial charge in [0.2, 0.25) is 0 Å². The maximum atomic E-state index is 7.06. The molecule has 0 aromatic heterocycles. The molecule has 260 valence electrons. The molecule has 0 unspecified atom stereocenters. The Morgan fingerprint density at radius 1 is 0.291 bits per heavy atom. The van der Waals surface area contributed by atoms with Crippen LogP contribution in [0.2, 0.25) is 0 Å². The van der Waals surface area contributed by atoms with Gasteiger partial charge in [0.05, 0.1) is 0 Å². The summed E-state index contributed by atoms with van der Waals surface area (Å²) in [6, 6.07) is 77.2. The third-order valence-electron chi connectivity index (χ3n) is 10.4. The van der Waals surface area contributed by atoms with Gasteiger partial charge in [-0.15, -0.1) is 0 Å². The fourth-order valence-electron chi connectivity index (χ4n) is 7.86. The number of anilines is 6. The summed E-state index contributed by atoms with van der Waals surface area (Å²) in [5, 5.41) is 2.30. The van der Waals surface area contributed by atoms with E-state index in [9.17, 15) is 0 Å². The van der Waals surface area contributed by atoms with Crippen molar-refractivity contribution in [2.24, 2.45) is 0 Å². The van der Waals surface area contributed by atoms with Crippen LogP contribution in [0, 0.1) is 0 Å². The van der Waals surface area contributed by atoms with Gasteiger partial charge in [0.15, 0.2) is 0 Å².